The van der Waals surface area contributed by atoms with Crippen molar-refractivity contribution in [2.75, 3.05) is 27.9 Å². The summed E-state index contributed by atoms with van der Waals surface area (Å²) >= 11 is 0. The molecule has 0 bridgehead atoms. The third-order valence-corrected chi connectivity index (χ3v) is 5.08. The van der Waals surface area contributed by atoms with E-state index in [-0.39, 0.29) is 18.2 Å². The fraction of sp³-hybridized carbons (Fsp3) is 0.417. The average Bonchev–Trinajstić information content (AvgIpc) is 2.80. The number of nitrogens with one attached hydrogen (secondary N) is 1. The van der Waals surface area contributed by atoms with Gasteiger partial charge in [0.05, 0.1) is 21.3 Å². The van der Waals surface area contributed by atoms with Crippen molar-refractivity contribution in [3.8, 4) is 17.2 Å². The lowest BCUT2D eigenvalue weighted by molar-refractivity contribution is -0.140. The Morgan fingerprint density at radius 1 is 0.968 bits per heavy atom. The van der Waals surface area contributed by atoms with E-state index < -0.39 is 6.04 Å². The Kier molecular flexibility index (Phi) is 9.18. The van der Waals surface area contributed by atoms with E-state index in [2.05, 4.69) is 5.32 Å². The molecular weight excluding hydrogens is 396 g/mol. The topological polar surface area (TPSA) is 77.1 Å². The Morgan fingerprint density at radius 3 is 2.35 bits per heavy atom. The van der Waals surface area contributed by atoms with Crippen LogP contribution in [0.3, 0.4) is 0 Å². The van der Waals surface area contributed by atoms with Crippen LogP contribution < -0.4 is 19.5 Å². The number of aryl methyl sites for hydroxylation is 1. The molecular formula is C24H32N2O5. The number of carbonyl (C=O) groups is 2. The van der Waals surface area contributed by atoms with Crippen molar-refractivity contribution in [2.45, 2.75) is 39.3 Å². The summed E-state index contributed by atoms with van der Waals surface area (Å²) in [5.74, 6) is 1.69. The number of carbonyl (C=O) groups excluding carboxylic acids is 2. The maximum absolute atomic E-state index is 13.2. The van der Waals surface area contributed by atoms with Crippen LogP contribution in [0.25, 0.3) is 0 Å². The molecule has 0 radical (unpaired) electrons. The van der Waals surface area contributed by atoms with Gasteiger partial charge in [-0.05, 0) is 55.7 Å². The van der Waals surface area contributed by atoms with Crippen molar-refractivity contribution < 1.29 is 23.8 Å². The van der Waals surface area contributed by atoms with E-state index in [9.17, 15) is 9.59 Å². The second-order valence-corrected chi connectivity index (χ2v) is 7.13. The zero-order valence-electron chi connectivity index (χ0n) is 18.9. The number of hydrogen-bond acceptors (Lipinski definition) is 5. The molecule has 2 aromatic rings. The lowest BCUT2D eigenvalue weighted by atomic mass is 10.1. The minimum Gasteiger partial charge on any atom is -0.497 e. The van der Waals surface area contributed by atoms with Crippen LogP contribution in [0.1, 0.15) is 31.4 Å². The van der Waals surface area contributed by atoms with Gasteiger partial charge in [0.15, 0.2) is 11.5 Å². The van der Waals surface area contributed by atoms with Crippen LogP contribution >= 0.6 is 0 Å². The number of amides is 2. The molecule has 0 aliphatic rings. The molecule has 0 aliphatic carbocycles. The molecule has 1 atom stereocenters. The second-order valence-electron chi connectivity index (χ2n) is 7.13. The average molecular weight is 429 g/mol. The van der Waals surface area contributed by atoms with E-state index in [4.69, 9.17) is 14.2 Å². The smallest absolute Gasteiger partial charge is 0.242 e. The Bertz CT molecular complexity index is 884. The van der Waals surface area contributed by atoms with E-state index in [0.717, 1.165) is 11.1 Å². The number of benzene rings is 2. The summed E-state index contributed by atoms with van der Waals surface area (Å²) in [7, 11) is 4.76. The van der Waals surface area contributed by atoms with Crippen molar-refractivity contribution in [1.29, 1.82) is 0 Å². The van der Waals surface area contributed by atoms with Crippen LogP contribution in [0.2, 0.25) is 0 Å². The molecule has 0 aliphatic heterocycles. The molecule has 7 nitrogen and oxygen atoms in total. The molecule has 2 amide bonds. The van der Waals surface area contributed by atoms with Crippen molar-refractivity contribution in [3.63, 3.8) is 0 Å². The molecule has 0 spiro atoms. The minimum atomic E-state index is -0.593. The highest BCUT2D eigenvalue weighted by Crippen LogP contribution is 2.28. The van der Waals surface area contributed by atoms with E-state index in [1.165, 1.54) is 0 Å². The highest BCUT2D eigenvalue weighted by Gasteiger charge is 2.25. The van der Waals surface area contributed by atoms with Crippen molar-refractivity contribution in [1.82, 2.24) is 10.2 Å². The van der Waals surface area contributed by atoms with Gasteiger partial charge in [-0.15, -0.1) is 0 Å². The molecule has 1 N–H and O–H groups in total. The van der Waals surface area contributed by atoms with Crippen LogP contribution in [0.5, 0.6) is 17.2 Å². The lowest BCUT2D eigenvalue weighted by Crippen LogP contribution is -2.47. The van der Waals surface area contributed by atoms with Gasteiger partial charge in [0, 0.05) is 19.5 Å². The van der Waals surface area contributed by atoms with Gasteiger partial charge in [-0.25, -0.2) is 0 Å². The monoisotopic (exact) mass is 428 g/mol. The van der Waals surface area contributed by atoms with Crippen molar-refractivity contribution in [2.24, 2.45) is 0 Å². The fourth-order valence-corrected chi connectivity index (χ4v) is 3.30. The normalized spacial score (nSPS) is 11.4. The third-order valence-electron chi connectivity index (χ3n) is 5.08. The maximum Gasteiger partial charge on any atom is 0.242 e. The van der Waals surface area contributed by atoms with Crippen LogP contribution in [0.4, 0.5) is 0 Å². The van der Waals surface area contributed by atoms with Crippen LogP contribution in [-0.4, -0.2) is 50.6 Å². The predicted octanol–water partition coefficient (Wildman–Crippen LogP) is 3.20. The molecule has 0 unspecified atom stereocenters. The van der Waals surface area contributed by atoms with E-state index in [1.807, 2.05) is 49.4 Å². The number of nitrogens with zero attached hydrogens (tertiary/aromatic N) is 1. The number of methoxy groups -OCH3 is 3. The molecule has 2 aromatic carbocycles. The summed E-state index contributed by atoms with van der Waals surface area (Å²) in [6.07, 6.45) is 0.791. The SMILES string of the molecule is CCNC(=O)[C@@H](C)N(Cc1cccc(OC)c1)C(=O)CCc1ccc(OC)c(OC)c1. The number of rotatable bonds is 11. The number of hydrogen-bond donors (Lipinski definition) is 1. The van der Waals surface area contributed by atoms with Crippen molar-refractivity contribution >= 4 is 11.8 Å². The zero-order valence-corrected chi connectivity index (χ0v) is 18.9. The quantitative estimate of drug-likeness (QED) is 0.595. The predicted molar refractivity (Wildman–Crippen MR) is 120 cm³/mol. The Balaban J connectivity index is 2.17. The van der Waals surface area contributed by atoms with Gasteiger partial charge in [-0.2, -0.15) is 0 Å². The Labute approximate surface area is 184 Å². The van der Waals surface area contributed by atoms with Gasteiger partial charge in [0.1, 0.15) is 11.8 Å². The third kappa shape index (κ3) is 6.64. The second kappa shape index (κ2) is 11.8. The first-order chi connectivity index (χ1) is 14.9. The van der Waals surface area contributed by atoms with Gasteiger partial charge in [0.25, 0.3) is 0 Å². The first-order valence-corrected chi connectivity index (χ1v) is 10.3. The summed E-state index contributed by atoms with van der Waals surface area (Å²) in [5.41, 5.74) is 1.85. The van der Waals surface area contributed by atoms with Crippen LogP contribution in [0.15, 0.2) is 42.5 Å². The molecule has 0 aromatic heterocycles. The van der Waals surface area contributed by atoms with Crippen LogP contribution in [-0.2, 0) is 22.6 Å². The summed E-state index contributed by atoms with van der Waals surface area (Å²) in [6.45, 7) is 4.44. The van der Waals surface area contributed by atoms with Crippen LogP contribution in [0, 0.1) is 0 Å². The van der Waals surface area contributed by atoms with Gasteiger partial charge in [0.2, 0.25) is 11.8 Å². The molecule has 0 saturated heterocycles. The summed E-state index contributed by atoms with van der Waals surface area (Å²) in [5, 5.41) is 2.80. The Hall–Kier alpha value is -3.22. The summed E-state index contributed by atoms with van der Waals surface area (Å²) in [4.78, 5) is 27.2. The lowest BCUT2D eigenvalue weighted by Gasteiger charge is -2.29. The first kappa shape index (κ1) is 24.1. The highest BCUT2D eigenvalue weighted by atomic mass is 16.5. The van der Waals surface area contributed by atoms with E-state index in [0.29, 0.717) is 36.8 Å². The van der Waals surface area contributed by atoms with E-state index in [1.54, 1.807) is 33.2 Å². The first-order valence-electron chi connectivity index (χ1n) is 10.3. The molecule has 7 heteroatoms. The number of likely N-dealkylation sites (N-methyl/N-ethyl adjacent to an activating group) is 1. The molecule has 0 heterocycles. The van der Waals surface area contributed by atoms with Crippen molar-refractivity contribution in [3.05, 3.63) is 53.6 Å². The summed E-state index contributed by atoms with van der Waals surface area (Å²) < 4.78 is 15.9. The largest absolute Gasteiger partial charge is 0.497 e. The molecule has 0 saturated carbocycles. The van der Waals surface area contributed by atoms with E-state index >= 15 is 0 Å². The summed E-state index contributed by atoms with van der Waals surface area (Å²) in [6, 6.07) is 12.5. The van der Waals surface area contributed by atoms with Gasteiger partial charge in [-0.3, -0.25) is 9.59 Å². The fourth-order valence-electron chi connectivity index (χ4n) is 3.30. The molecule has 168 valence electrons. The highest BCUT2D eigenvalue weighted by molar-refractivity contribution is 5.87. The van der Waals surface area contributed by atoms with Gasteiger partial charge >= 0.3 is 0 Å². The van der Waals surface area contributed by atoms with Gasteiger partial charge < -0.3 is 24.4 Å². The maximum atomic E-state index is 13.2. The number of ether oxygens (including phenoxy) is 3. The molecule has 0 fully saturated rings. The zero-order chi connectivity index (χ0) is 22.8. The molecule has 31 heavy (non-hydrogen) atoms. The Morgan fingerprint density at radius 2 is 1.71 bits per heavy atom. The standard InChI is InChI=1S/C24H32N2O5/c1-6-25-24(28)17(2)26(16-19-8-7-9-20(14-19)29-3)23(27)13-11-18-10-12-21(30-4)22(15-18)31-5/h7-10,12,14-15,17H,6,11,13,16H2,1-5H3,(H,25,28)/t17-/m1/s1. The molecule has 2 rings (SSSR count). The van der Waals surface area contributed by atoms with Gasteiger partial charge in [-0.1, -0.05) is 18.2 Å². The minimum absolute atomic E-state index is 0.101.